The first-order chi connectivity index (χ1) is 5.52. The molecule has 0 heterocycles. The SMILES string of the molecule is CC1=C(O)C(=O)/C(=C/N(C)C)C1. The number of aliphatic hydroxyl groups is 1. The van der Waals surface area contributed by atoms with Crippen LogP contribution in [0.1, 0.15) is 13.3 Å². The van der Waals surface area contributed by atoms with Crippen molar-refractivity contribution in [3.05, 3.63) is 23.1 Å². The standard InChI is InChI=1S/C9H13NO2/c1-6-4-7(5-10(2)3)9(12)8(6)11/h5,11H,4H2,1-3H3/b7-5+. The first kappa shape index (κ1) is 8.84. The van der Waals surface area contributed by atoms with Gasteiger partial charge in [0.1, 0.15) is 0 Å². The van der Waals surface area contributed by atoms with Crippen LogP contribution >= 0.6 is 0 Å². The highest BCUT2D eigenvalue weighted by atomic mass is 16.3. The molecule has 1 N–H and O–H groups in total. The molecule has 0 spiro atoms. The maximum absolute atomic E-state index is 11.2. The van der Waals surface area contributed by atoms with E-state index in [9.17, 15) is 9.90 Å². The normalized spacial score (nSPS) is 20.9. The fourth-order valence-electron chi connectivity index (χ4n) is 1.21. The molecule has 0 saturated carbocycles. The molecule has 1 aliphatic rings. The summed E-state index contributed by atoms with van der Waals surface area (Å²) >= 11 is 0. The molecule has 1 aliphatic carbocycles. The predicted molar refractivity (Wildman–Crippen MR) is 46.7 cm³/mol. The van der Waals surface area contributed by atoms with Gasteiger partial charge in [0.2, 0.25) is 5.78 Å². The molecule has 1 rings (SSSR count). The molecule has 0 atom stereocenters. The summed E-state index contributed by atoms with van der Waals surface area (Å²) in [7, 11) is 3.70. The summed E-state index contributed by atoms with van der Waals surface area (Å²) in [6.07, 6.45) is 2.32. The number of aliphatic hydroxyl groups excluding tert-OH is 1. The van der Waals surface area contributed by atoms with Crippen LogP contribution in [0.15, 0.2) is 23.1 Å². The van der Waals surface area contributed by atoms with Crippen LogP contribution in [-0.4, -0.2) is 29.9 Å². The number of Topliss-reactive ketones (excluding diaryl/α,β-unsaturated/α-hetero) is 1. The highest BCUT2D eigenvalue weighted by Crippen LogP contribution is 2.25. The van der Waals surface area contributed by atoms with E-state index in [0.717, 1.165) is 5.57 Å². The lowest BCUT2D eigenvalue weighted by Gasteiger charge is -2.05. The minimum Gasteiger partial charge on any atom is -0.504 e. The van der Waals surface area contributed by atoms with E-state index in [1.165, 1.54) is 0 Å². The van der Waals surface area contributed by atoms with Crippen LogP contribution in [0, 0.1) is 0 Å². The van der Waals surface area contributed by atoms with Crippen molar-refractivity contribution < 1.29 is 9.90 Å². The maximum atomic E-state index is 11.2. The Balaban J connectivity index is 2.87. The summed E-state index contributed by atoms with van der Waals surface area (Å²) in [5.74, 6) is -0.315. The highest BCUT2D eigenvalue weighted by Gasteiger charge is 2.24. The van der Waals surface area contributed by atoms with Crippen LogP contribution in [0.2, 0.25) is 0 Å². The zero-order valence-corrected chi connectivity index (χ0v) is 7.59. The molecule has 0 aromatic heterocycles. The Morgan fingerprint density at radius 2 is 2.08 bits per heavy atom. The molecule has 0 saturated heterocycles. The van der Waals surface area contributed by atoms with Gasteiger partial charge in [0.05, 0.1) is 0 Å². The fourth-order valence-corrected chi connectivity index (χ4v) is 1.21. The first-order valence-electron chi connectivity index (χ1n) is 3.83. The second kappa shape index (κ2) is 3.01. The summed E-state index contributed by atoms with van der Waals surface area (Å²) in [4.78, 5) is 13.1. The molecular weight excluding hydrogens is 154 g/mol. The number of carbonyl (C=O) groups is 1. The van der Waals surface area contributed by atoms with Crippen LogP contribution in [0.25, 0.3) is 0 Å². The van der Waals surface area contributed by atoms with Gasteiger partial charge in [0.15, 0.2) is 5.76 Å². The topological polar surface area (TPSA) is 40.5 Å². The Labute approximate surface area is 72.0 Å². The lowest BCUT2D eigenvalue weighted by Crippen LogP contribution is -2.06. The number of allylic oxidation sites excluding steroid dienone is 2. The van der Waals surface area contributed by atoms with Crippen molar-refractivity contribution in [3.63, 3.8) is 0 Å². The molecule has 0 aromatic rings. The van der Waals surface area contributed by atoms with Gasteiger partial charge in [0.25, 0.3) is 0 Å². The molecule has 0 amide bonds. The van der Waals surface area contributed by atoms with E-state index in [1.54, 1.807) is 18.0 Å². The number of hydrogen-bond acceptors (Lipinski definition) is 3. The molecule has 3 nitrogen and oxygen atoms in total. The second-order valence-electron chi connectivity index (χ2n) is 3.25. The zero-order valence-electron chi connectivity index (χ0n) is 7.59. The largest absolute Gasteiger partial charge is 0.504 e. The Kier molecular flexibility index (Phi) is 2.22. The molecule has 12 heavy (non-hydrogen) atoms. The Morgan fingerprint density at radius 3 is 2.42 bits per heavy atom. The van der Waals surface area contributed by atoms with Gasteiger partial charge in [-0.15, -0.1) is 0 Å². The van der Waals surface area contributed by atoms with E-state index >= 15 is 0 Å². The second-order valence-corrected chi connectivity index (χ2v) is 3.25. The van der Waals surface area contributed by atoms with Crippen molar-refractivity contribution in [3.8, 4) is 0 Å². The Morgan fingerprint density at radius 1 is 1.50 bits per heavy atom. The van der Waals surface area contributed by atoms with Crippen LogP contribution in [0.5, 0.6) is 0 Å². The number of carbonyl (C=O) groups excluding carboxylic acids is 1. The summed E-state index contributed by atoms with van der Waals surface area (Å²) < 4.78 is 0. The van der Waals surface area contributed by atoms with E-state index in [0.29, 0.717) is 12.0 Å². The van der Waals surface area contributed by atoms with E-state index in [2.05, 4.69) is 0 Å². The van der Waals surface area contributed by atoms with Gasteiger partial charge in [-0.1, -0.05) is 0 Å². The average molecular weight is 167 g/mol. The molecule has 0 radical (unpaired) electrons. The summed E-state index contributed by atoms with van der Waals surface area (Å²) in [5, 5.41) is 9.22. The smallest absolute Gasteiger partial charge is 0.225 e. The molecule has 66 valence electrons. The molecule has 0 fully saturated rings. The average Bonchev–Trinajstić information content (AvgIpc) is 2.17. The van der Waals surface area contributed by atoms with Crippen molar-refractivity contribution in [1.29, 1.82) is 0 Å². The van der Waals surface area contributed by atoms with Crippen LogP contribution in [0.3, 0.4) is 0 Å². The number of hydrogen-bond donors (Lipinski definition) is 1. The maximum Gasteiger partial charge on any atom is 0.225 e. The van der Waals surface area contributed by atoms with Gasteiger partial charge in [-0.05, 0) is 12.5 Å². The highest BCUT2D eigenvalue weighted by molar-refractivity contribution is 6.09. The van der Waals surface area contributed by atoms with E-state index < -0.39 is 0 Å². The van der Waals surface area contributed by atoms with Crippen molar-refractivity contribution in [2.75, 3.05) is 14.1 Å². The molecule has 0 unspecified atom stereocenters. The van der Waals surface area contributed by atoms with Crippen molar-refractivity contribution in [2.45, 2.75) is 13.3 Å². The third kappa shape index (κ3) is 1.49. The summed E-state index contributed by atoms with van der Waals surface area (Å²) in [5.41, 5.74) is 1.42. The summed E-state index contributed by atoms with van der Waals surface area (Å²) in [6, 6.07) is 0. The monoisotopic (exact) mass is 167 g/mol. The lowest BCUT2D eigenvalue weighted by molar-refractivity contribution is -0.114. The minimum absolute atomic E-state index is 0.0805. The molecule has 0 bridgehead atoms. The Bertz CT molecular complexity index is 274. The van der Waals surface area contributed by atoms with Crippen LogP contribution in [-0.2, 0) is 4.79 Å². The zero-order chi connectivity index (χ0) is 9.30. The number of rotatable bonds is 1. The quantitative estimate of drug-likeness (QED) is 0.597. The predicted octanol–water partition coefficient (Wildman–Crippen LogP) is 1.24. The van der Waals surface area contributed by atoms with Crippen LogP contribution < -0.4 is 0 Å². The molecule has 3 heteroatoms. The van der Waals surface area contributed by atoms with Crippen molar-refractivity contribution in [2.24, 2.45) is 0 Å². The minimum atomic E-state index is -0.235. The van der Waals surface area contributed by atoms with Gasteiger partial charge >= 0.3 is 0 Å². The van der Waals surface area contributed by atoms with E-state index in [4.69, 9.17) is 0 Å². The fraction of sp³-hybridized carbons (Fsp3) is 0.444. The van der Waals surface area contributed by atoms with Gasteiger partial charge in [-0.3, -0.25) is 4.79 Å². The van der Waals surface area contributed by atoms with Crippen molar-refractivity contribution >= 4 is 5.78 Å². The van der Waals surface area contributed by atoms with E-state index in [-0.39, 0.29) is 11.5 Å². The van der Waals surface area contributed by atoms with Gasteiger partial charge < -0.3 is 10.0 Å². The first-order valence-corrected chi connectivity index (χ1v) is 3.83. The van der Waals surface area contributed by atoms with Gasteiger partial charge in [-0.25, -0.2) is 0 Å². The third-order valence-electron chi connectivity index (χ3n) is 1.78. The molecule has 0 aliphatic heterocycles. The molecular formula is C9H13NO2. The van der Waals surface area contributed by atoms with Gasteiger partial charge in [-0.2, -0.15) is 0 Å². The number of ketones is 1. The molecule has 0 aromatic carbocycles. The summed E-state index contributed by atoms with van der Waals surface area (Å²) in [6.45, 7) is 1.77. The lowest BCUT2D eigenvalue weighted by atomic mass is 10.2. The van der Waals surface area contributed by atoms with E-state index in [1.807, 2.05) is 14.1 Å². The van der Waals surface area contributed by atoms with Gasteiger partial charge in [0, 0.05) is 32.3 Å². The Hall–Kier alpha value is -1.25. The third-order valence-corrected chi connectivity index (χ3v) is 1.78. The number of nitrogens with zero attached hydrogens (tertiary/aromatic N) is 1. The van der Waals surface area contributed by atoms with Crippen LogP contribution in [0.4, 0.5) is 0 Å². The van der Waals surface area contributed by atoms with Crippen molar-refractivity contribution in [1.82, 2.24) is 4.90 Å².